The summed E-state index contributed by atoms with van der Waals surface area (Å²) in [5.74, 6) is 5.61. The van der Waals surface area contributed by atoms with Gasteiger partial charge in [0.1, 0.15) is 12.4 Å². The Hall–Kier alpha value is -1.71. The molecule has 0 radical (unpaired) electrons. The Balaban J connectivity index is 2.90. The monoisotopic (exact) mass is 288 g/mol. The summed E-state index contributed by atoms with van der Waals surface area (Å²) < 4.78 is 47.0. The second kappa shape index (κ2) is 7.17. The lowest BCUT2D eigenvalue weighted by Crippen LogP contribution is -2.28. The highest BCUT2D eigenvalue weighted by Gasteiger charge is 2.36. The van der Waals surface area contributed by atoms with E-state index in [2.05, 4.69) is 11.8 Å². The second-order valence-corrected chi connectivity index (χ2v) is 3.98. The molecule has 1 unspecified atom stereocenters. The van der Waals surface area contributed by atoms with E-state index in [1.807, 2.05) is 0 Å². The van der Waals surface area contributed by atoms with E-state index in [1.165, 1.54) is 7.11 Å². The Kier molecular flexibility index (Phi) is 5.86. The fourth-order valence-corrected chi connectivity index (χ4v) is 1.38. The first-order chi connectivity index (χ1) is 9.38. The molecule has 1 aromatic carbocycles. The zero-order valence-corrected chi connectivity index (χ0v) is 11.1. The van der Waals surface area contributed by atoms with Gasteiger partial charge in [0.05, 0.1) is 13.7 Å². The highest BCUT2D eigenvalue weighted by Crippen LogP contribution is 2.25. The minimum absolute atomic E-state index is 0.243. The summed E-state index contributed by atoms with van der Waals surface area (Å²) in [6.45, 7) is 0.373. The molecule has 110 valence electrons. The van der Waals surface area contributed by atoms with Crippen molar-refractivity contribution in [3.63, 3.8) is 0 Å². The van der Waals surface area contributed by atoms with Gasteiger partial charge in [0.25, 0.3) is 0 Å². The largest absolute Gasteiger partial charge is 0.497 e. The first-order valence-electron chi connectivity index (χ1n) is 5.83. The Labute approximate surface area is 115 Å². The fraction of sp³-hybridized carbons (Fsp3) is 0.429. The molecule has 1 aromatic rings. The molecule has 0 aliphatic rings. The van der Waals surface area contributed by atoms with Crippen molar-refractivity contribution in [2.24, 2.45) is 0 Å². The molecule has 0 aliphatic heterocycles. The van der Waals surface area contributed by atoms with E-state index in [-0.39, 0.29) is 13.2 Å². The summed E-state index contributed by atoms with van der Waals surface area (Å²) in [6, 6.07) is 4.81. The van der Waals surface area contributed by atoms with Crippen molar-refractivity contribution in [3.8, 4) is 17.6 Å². The Morgan fingerprint density at radius 2 is 2.05 bits per heavy atom. The molecule has 0 amide bonds. The minimum Gasteiger partial charge on any atom is -0.497 e. The Morgan fingerprint density at radius 1 is 1.35 bits per heavy atom. The van der Waals surface area contributed by atoms with Gasteiger partial charge in [-0.15, -0.1) is 0 Å². The maximum Gasteiger partial charge on any atom is 0.414 e. The number of aliphatic hydroxyl groups is 1. The number of aliphatic hydroxyl groups excluding tert-OH is 1. The third-order valence-electron chi connectivity index (χ3n) is 2.56. The summed E-state index contributed by atoms with van der Waals surface area (Å²) in [6.07, 6.45) is -6.28. The van der Waals surface area contributed by atoms with Crippen molar-refractivity contribution in [2.75, 3.05) is 13.7 Å². The van der Waals surface area contributed by atoms with Gasteiger partial charge in [-0.3, -0.25) is 0 Å². The number of hydrogen-bond donors (Lipinski definition) is 1. The van der Waals surface area contributed by atoms with E-state index >= 15 is 0 Å². The lowest BCUT2D eigenvalue weighted by molar-refractivity contribution is -0.217. The lowest BCUT2D eigenvalue weighted by Gasteiger charge is -2.17. The topological polar surface area (TPSA) is 38.7 Å². The average molecular weight is 288 g/mol. The van der Waals surface area contributed by atoms with Gasteiger partial charge in [-0.1, -0.05) is 11.8 Å². The van der Waals surface area contributed by atoms with Crippen molar-refractivity contribution < 1.29 is 27.8 Å². The van der Waals surface area contributed by atoms with Crippen molar-refractivity contribution in [3.05, 3.63) is 29.3 Å². The molecule has 1 atom stereocenters. The van der Waals surface area contributed by atoms with Gasteiger partial charge in [-0.25, -0.2) is 0 Å². The van der Waals surface area contributed by atoms with Crippen LogP contribution in [0.15, 0.2) is 18.2 Å². The maximum atomic E-state index is 12.4. The van der Waals surface area contributed by atoms with E-state index in [4.69, 9.17) is 14.6 Å². The summed E-state index contributed by atoms with van der Waals surface area (Å²) >= 11 is 0. The summed E-state index contributed by atoms with van der Waals surface area (Å²) in [5.41, 5.74) is 0.968. The fourth-order valence-electron chi connectivity index (χ4n) is 1.38. The summed E-state index contributed by atoms with van der Waals surface area (Å²) in [7, 11) is 1.46. The molecule has 6 heteroatoms. The zero-order chi connectivity index (χ0) is 15.2. The van der Waals surface area contributed by atoms with Crippen LogP contribution in [0.2, 0.25) is 0 Å². The normalized spacial score (nSPS) is 12.5. The highest BCUT2D eigenvalue weighted by molar-refractivity contribution is 5.45. The van der Waals surface area contributed by atoms with Crippen molar-refractivity contribution >= 4 is 0 Å². The maximum absolute atomic E-state index is 12.4. The van der Waals surface area contributed by atoms with Crippen molar-refractivity contribution in [2.45, 2.75) is 25.8 Å². The van der Waals surface area contributed by atoms with Crippen LogP contribution in [-0.4, -0.2) is 31.1 Å². The molecule has 0 bridgehead atoms. The van der Waals surface area contributed by atoms with Crippen LogP contribution in [0.25, 0.3) is 0 Å². The van der Waals surface area contributed by atoms with Gasteiger partial charge in [0.2, 0.25) is 0 Å². The number of hydrogen-bond acceptors (Lipinski definition) is 3. The SMILES string of the molecule is COc1ccc(C#CCO)c(COC(C)C(F)(F)F)c1. The van der Waals surface area contributed by atoms with Crippen LogP contribution >= 0.6 is 0 Å². The Bertz CT molecular complexity index is 501. The molecule has 0 aromatic heterocycles. The predicted octanol–water partition coefficient (Wildman–Crippen LogP) is 2.51. The number of ether oxygens (including phenoxy) is 2. The van der Waals surface area contributed by atoms with Crippen LogP contribution in [0.4, 0.5) is 13.2 Å². The van der Waals surface area contributed by atoms with E-state index < -0.39 is 12.3 Å². The van der Waals surface area contributed by atoms with Gasteiger partial charge in [0.15, 0.2) is 6.10 Å². The van der Waals surface area contributed by atoms with Crippen molar-refractivity contribution in [1.82, 2.24) is 0 Å². The molecular formula is C14H15F3O3. The van der Waals surface area contributed by atoms with E-state index in [1.54, 1.807) is 18.2 Å². The molecule has 0 fully saturated rings. The number of rotatable bonds is 4. The summed E-state index contributed by atoms with van der Waals surface area (Å²) in [4.78, 5) is 0. The molecular weight excluding hydrogens is 273 g/mol. The van der Waals surface area contributed by atoms with Crippen LogP contribution in [0.1, 0.15) is 18.1 Å². The van der Waals surface area contributed by atoms with Gasteiger partial charge in [-0.2, -0.15) is 13.2 Å². The highest BCUT2D eigenvalue weighted by atomic mass is 19.4. The van der Waals surface area contributed by atoms with Crippen LogP contribution in [0.5, 0.6) is 5.75 Å². The van der Waals surface area contributed by atoms with Gasteiger partial charge in [-0.05, 0) is 30.7 Å². The first kappa shape index (κ1) is 16.3. The molecule has 0 spiro atoms. The van der Waals surface area contributed by atoms with E-state index in [0.717, 1.165) is 6.92 Å². The van der Waals surface area contributed by atoms with Crippen LogP contribution in [0, 0.1) is 11.8 Å². The quantitative estimate of drug-likeness (QED) is 0.865. The molecule has 1 N–H and O–H groups in total. The molecule has 0 saturated heterocycles. The number of halogens is 3. The van der Waals surface area contributed by atoms with Gasteiger partial charge in [0, 0.05) is 5.56 Å². The van der Waals surface area contributed by atoms with Crippen LogP contribution < -0.4 is 4.74 Å². The first-order valence-corrected chi connectivity index (χ1v) is 5.83. The molecule has 3 nitrogen and oxygen atoms in total. The molecule has 1 rings (SSSR count). The molecule has 0 saturated carbocycles. The third-order valence-corrected chi connectivity index (χ3v) is 2.56. The van der Waals surface area contributed by atoms with Gasteiger partial charge < -0.3 is 14.6 Å². The molecule has 20 heavy (non-hydrogen) atoms. The number of benzene rings is 1. The standard InChI is InChI=1S/C14H15F3O3/c1-10(14(15,16)17)20-9-12-8-13(19-2)6-5-11(12)4-3-7-18/h5-6,8,10,18H,7,9H2,1-2H3. The second-order valence-electron chi connectivity index (χ2n) is 3.98. The zero-order valence-electron chi connectivity index (χ0n) is 11.1. The van der Waals surface area contributed by atoms with E-state index in [0.29, 0.717) is 16.9 Å². The number of methoxy groups -OCH3 is 1. The van der Waals surface area contributed by atoms with Crippen LogP contribution in [0.3, 0.4) is 0 Å². The molecule has 0 heterocycles. The van der Waals surface area contributed by atoms with Crippen molar-refractivity contribution in [1.29, 1.82) is 0 Å². The van der Waals surface area contributed by atoms with Crippen LogP contribution in [-0.2, 0) is 11.3 Å². The van der Waals surface area contributed by atoms with Gasteiger partial charge >= 0.3 is 6.18 Å². The molecule has 0 aliphatic carbocycles. The van der Waals surface area contributed by atoms with E-state index in [9.17, 15) is 13.2 Å². The Morgan fingerprint density at radius 3 is 2.60 bits per heavy atom. The number of alkyl halides is 3. The minimum atomic E-state index is -4.41. The average Bonchev–Trinajstić information content (AvgIpc) is 2.41. The predicted molar refractivity (Wildman–Crippen MR) is 67.3 cm³/mol. The lowest BCUT2D eigenvalue weighted by atomic mass is 10.1. The third kappa shape index (κ3) is 4.76. The summed E-state index contributed by atoms with van der Waals surface area (Å²) in [5, 5.41) is 8.67. The smallest absolute Gasteiger partial charge is 0.414 e.